The zero-order valence-corrected chi connectivity index (χ0v) is 14.1. The fourth-order valence-electron chi connectivity index (χ4n) is 2.51. The molecular formula is C20H23NO3. The first-order valence-electron chi connectivity index (χ1n) is 8.14. The van der Waals surface area contributed by atoms with E-state index in [0.29, 0.717) is 13.0 Å². The van der Waals surface area contributed by atoms with Crippen LogP contribution in [0.1, 0.15) is 36.0 Å². The number of rotatable bonds is 7. The van der Waals surface area contributed by atoms with Crippen molar-refractivity contribution in [2.24, 2.45) is 0 Å². The molecule has 0 heterocycles. The van der Waals surface area contributed by atoms with Gasteiger partial charge in [-0.05, 0) is 30.0 Å². The average Bonchev–Trinajstić information content (AvgIpc) is 2.61. The summed E-state index contributed by atoms with van der Waals surface area (Å²) in [7, 11) is 0. The molecule has 1 amide bonds. The van der Waals surface area contributed by atoms with E-state index in [1.807, 2.05) is 68.4 Å². The van der Waals surface area contributed by atoms with Gasteiger partial charge in [-0.15, -0.1) is 0 Å². The predicted molar refractivity (Wildman–Crippen MR) is 93.5 cm³/mol. The monoisotopic (exact) mass is 325 g/mol. The Balaban J connectivity index is 1.82. The van der Waals surface area contributed by atoms with Gasteiger partial charge in [0, 0.05) is 6.54 Å². The highest BCUT2D eigenvalue weighted by Crippen LogP contribution is 2.20. The third kappa shape index (κ3) is 4.95. The maximum atomic E-state index is 12.2. The largest absolute Gasteiger partial charge is 0.455 e. The van der Waals surface area contributed by atoms with Crippen LogP contribution in [0.25, 0.3) is 0 Å². The standard InChI is InChI=1S/C20H23NO3/c1-3-18(16-10-5-4-6-11-16)20(23)24-14-19(22)21-13-17-12-8-7-9-15(17)2/h4-12,18H,3,13-14H2,1-2H3,(H,21,22)/t18-/m1/s1. The molecule has 126 valence electrons. The van der Waals surface area contributed by atoms with E-state index in [1.165, 1.54) is 0 Å². The maximum Gasteiger partial charge on any atom is 0.313 e. The summed E-state index contributed by atoms with van der Waals surface area (Å²) in [5.74, 6) is -1.00. The van der Waals surface area contributed by atoms with Crippen molar-refractivity contribution in [1.82, 2.24) is 5.32 Å². The van der Waals surface area contributed by atoms with Gasteiger partial charge in [0.25, 0.3) is 5.91 Å². The molecule has 0 aromatic heterocycles. The molecule has 0 saturated carbocycles. The van der Waals surface area contributed by atoms with Crippen molar-refractivity contribution in [3.63, 3.8) is 0 Å². The molecule has 0 radical (unpaired) electrons. The molecule has 2 rings (SSSR count). The molecule has 1 N–H and O–H groups in total. The first-order chi connectivity index (χ1) is 11.6. The summed E-state index contributed by atoms with van der Waals surface area (Å²) in [6.07, 6.45) is 0.633. The second-order valence-electron chi connectivity index (χ2n) is 5.68. The van der Waals surface area contributed by atoms with Gasteiger partial charge in [-0.1, -0.05) is 61.5 Å². The Morgan fingerprint density at radius 1 is 1.04 bits per heavy atom. The predicted octanol–water partition coefficient (Wildman–Crippen LogP) is 3.35. The SMILES string of the molecule is CC[C@@H](C(=O)OCC(=O)NCc1ccccc1C)c1ccccc1. The number of ether oxygens (including phenoxy) is 1. The molecule has 1 atom stereocenters. The maximum absolute atomic E-state index is 12.2. The van der Waals surface area contributed by atoms with Gasteiger partial charge in [0.2, 0.25) is 0 Å². The fraction of sp³-hybridized carbons (Fsp3) is 0.300. The van der Waals surface area contributed by atoms with Crippen LogP contribution < -0.4 is 5.32 Å². The molecule has 4 nitrogen and oxygen atoms in total. The van der Waals surface area contributed by atoms with Gasteiger partial charge >= 0.3 is 5.97 Å². The van der Waals surface area contributed by atoms with Crippen LogP contribution in [0.5, 0.6) is 0 Å². The Hall–Kier alpha value is -2.62. The minimum Gasteiger partial charge on any atom is -0.455 e. The van der Waals surface area contributed by atoms with Crippen molar-refractivity contribution in [2.45, 2.75) is 32.7 Å². The van der Waals surface area contributed by atoms with E-state index in [1.54, 1.807) is 0 Å². The van der Waals surface area contributed by atoms with Gasteiger partial charge < -0.3 is 10.1 Å². The quantitative estimate of drug-likeness (QED) is 0.794. The highest BCUT2D eigenvalue weighted by Gasteiger charge is 2.20. The van der Waals surface area contributed by atoms with Gasteiger partial charge in [-0.2, -0.15) is 0 Å². The number of amides is 1. The van der Waals surface area contributed by atoms with Crippen molar-refractivity contribution in [3.05, 3.63) is 71.3 Å². The number of carbonyl (C=O) groups is 2. The lowest BCUT2D eigenvalue weighted by Gasteiger charge is -2.14. The third-order valence-electron chi connectivity index (χ3n) is 3.98. The molecule has 0 bridgehead atoms. The van der Waals surface area contributed by atoms with Crippen LogP contribution in [-0.2, 0) is 20.9 Å². The lowest BCUT2D eigenvalue weighted by Crippen LogP contribution is -2.29. The van der Waals surface area contributed by atoms with Crippen molar-refractivity contribution < 1.29 is 14.3 Å². The number of esters is 1. The normalized spacial score (nSPS) is 11.6. The molecule has 24 heavy (non-hydrogen) atoms. The summed E-state index contributed by atoms with van der Waals surface area (Å²) < 4.78 is 5.18. The van der Waals surface area contributed by atoms with Crippen LogP contribution in [0.15, 0.2) is 54.6 Å². The highest BCUT2D eigenvalue weighted by atomic mass is 16.5. The average molecular weight is 325 g/mol. The van der Waals surface area contributed by atoms with Gasteiger partial charge in [0.1, 0.15) is 0 Å². The zero-order valence-electron chi connectivity index (χ0n) is 14.1. The van der Waals surface area contributed by atoms with E-state index in [0.717, 1.165) is 16.7 Å². The first-order valence-corrected chi connectivity index (χ1v) is 8.14. The molecular weight excluding hydrogens is 302 g/mol. The first kappa shape index (κ1) is 17.7. The van der Waals surface area contributed by atoms with Gasteiger partial charge in [-0.3, -0.25) is 9.59 Å². The smallest absolute Gasteiger partial charge is 0.313 e. The topological polar surface area (TPSA) is 55.4 Å². The number of nitrogens with one attached hydrogen (secondary N) is 1. The molecule has 0 saturated heterocycles. The molecule has 0 fully saturated rings. The minimum atomic E-state index is -0.366. The zero-order chi connectivity index (χ0) is 17.4. The van der Waals surface area contributed by atoms with Gasteiger partial charge in [-0.25, -0.2) is 0 Å². The summed E-state index contributed by atoms with van der Waals surface area (Å²) in [6.45, 7) is 4.09. The van der Waals surface area contributed by atoms with Crippen molar-refractivity contribution in [1.29, 1.82) is 0 Å². The molecule has 4 heteroatoms. The van der Waals surface area contributed by atoms with E-state index < -0.39 is 0 Å². The summed E-state index contributed by atoms with van der Waals surface area (Å²) in [4.78, 5) is 24.1. The van der Waals surface area contributed by atoms with Crippen LogP contribution in [0.4, 0.5) is 0 Å². The van der Waals surface area contributed by atoms with Crippen LogP contribution in [0.2, 0.25) is 0 Å². The highest BCUT2D eigenvalue weighted by molar-refractivity contribution is 5.83. The minimum absolute atomic E-state index is 0.256. The van der Waals surface area contributed by atoms with Crippen LogP contribution in [0.3, 0.4) is 0 Å². The number of benzene rings is 2. The Kier molecular flexibility index (Phi) is 6.55. The van der Waals surface area contributed by atoms with Crippen LogP contribution >= 0.6 is 0 Å². The molecule has 0 aliphatic rings. The van der Waals surface area contributed by atoms with Gasteiger partial charge in [0.05, 0.1) is 5.92 Å². The van der Waals surface area contributed by atoms with Crippen molar-refractivity contribution >= 4 is 11.9 Å². The molecule has 0 aliphatic carbocycles. The summed E-state index contributed by atoms with van der Waals surface area (Å²) >= 11 is 0. The molecule has 0 unspecified atom stereocenters. The molecule has 0 aliphatic heterocycles. The van der Waals surface area contributed by atoms with Gasteiger partial charge in [0.15, 0.2) is 6.61 Å². The Bertz CT molecular complexity index is 682. The van der Waals surface area contributed by atoms with E-state index >= 15 is 0 Å². The lowest BCUT2D eigenvalue weighted by molar-refractivity contribution is -0.150. The Labute approximate surface area is 142 Å². The van der Waals surface area contributed by atoms with E-state index in [-0.39, 0.29) is 24.4 Å². The number of hydrogen-bond donors (Lipinski definition) is 1. The van der Waals surface area contributed by atoms with E-state index in [2.05, 4.69) is 5.32 Å². The third-order valence-corrected chi connectivity index (χ3v) is 3.98. The van der Waals surface area contributed by atoms with Crippen molar-refractivity contribution in [3.8, 4) is 0 Å². The summed E-state index contributed by atoms with van der Waals surface area (Å²) in [5.41, 5.74) is 3.07. The number of carbonyl (C=O) groups excluding carboxylic acids is 2. The van der Waals surface area contributed by atoms with Crippen LogP contribution in [-0.4, -0.2) is 18.5 Å². The van der Waals surface area contributed by atoms with E-state index in [4.69, 9.17) is 4.74 Å². The fourth-order valence-corrected chi connectivity index (χ4v) is 2.51. The lowest BCUT2D eigenvalue weighted by atomic mass is 9.97. The molecule has 0 spiro atoms. The Morgan fingerprint density at radius 3 is 2.38 bits per heavy atom. The molecule has 2 aromatic rings. The number of aryl methyl sites for hydroxylation is 1. The molecule has 2 aromatic carbocycles. The van der Waals surface area contributed by atoms with E-state index in [9.17, 15) is 9.59 Å². The second-order valence-corrected chi connectivity index (χ2v) is 5.68. The van der Waals surface area contributed by atoms with Crippen LogP contribution in [0, 0.1) is 6.92 Å². The Morgan fingerprint density at radius 2 is 1.71 bits per heavy atom. The van der Waals surface area contributed by atoms with Crippen molar-refractivity contribution in [2.75, 3.05) is 6.61 Å². The number of hydrogen-bond acceptors (Lipinski definition) is 3. The summed E-state index contributed by atoms with van der Waals surface area (Å²) in [6, 6.07) is 17.3. The summed E-state index contributed by atoms with van der Waals surface area (Å²) in [5, 5.41) is 2.78. The second kappa shape index (κ2) is 8.87.